The molecule has 10 heteroatoms. The largest absolute Gasteiger partial charge is 0.508 e. The highest BCUT2D eigenvalue weighted by atomic mass is 35.5. The lowest BCUT2D eigenvalue weighted by Gasteiger charge is -2.35. The fourth-order valence-electron chi connectivity index (χ4n) is 3.26. The number of hydrogen-bond acceptors (Lipinski definition) is 4. The summed E-state index contributed by atoms with van der Waals surface area (Å²) in [4.78, 5) is 0. The highest BCUT2D eigenvalue weighted by Crippen LogP contribution is 2.54. The van der Waals surface area contributed by atoms with Crippen LogP contribution in [0.3, 0.4) is 0 Å². The van der Waals surface area contributed by atoms with Crippen molar-refractivity contribution >= 4 is 56.5 Å². The number of hydrogen-bond donors (Lipinski definition) is 3. The molecule has 0 spiro atoms. The quantitative estimate of drug-likeness (QED) is 0.311. The van der Waals surface area contributed by atoms with Crippen molar-refractivity contribution in [2.45, 2.75) is 4.75 Å². The Morgan fingerprint density at radius 2 is 1.38 bits per heavy atom. The van der Waals surface area contributed by atoms with E-state index in [0.717, 1.165) is 12.1 Å². The molecule has 0 fully saturated rings. The van der Waals surface area contributed by atoms with Gasteiger partial charge in [-0.2, -0.15) is 8.42 Å². The van der Waals surface area contributed by atoms with Gasteiger partial charge in [-0.3, -0.25) is 4.55 Å². The van der Waals surface area contributed by atoms with Crippen LogP contribution in [-0.2, 0) is 14.9 Å². The standard InChI is InChI=1S/C19H12Cl4O5S/c20-10-8-12(18(23)16(25)9-10)19(29(26,27)28,11-4-1-2-5-13(11)21)17-14(22)6-3-7-15(17)24/h1-9,24-25H,(H,26,27,28). The Morgan fingerprint density at radius 3 is 1.97 bits per heavy atom. The Bertz CT molecular complexity index is 1190. The Balaban J connectivity index is 2.71. The summed E-state index contributed by atoms with van der Waals surface area (Å²) in [6.07, 6.45) is 0. The molecule has 0 aromatic heterocycles. The molecule has 0 bridgehead atoms. The van der Waals surface area contributed by atoms with Crippen molar-refractivity contribution in [3.8, 4) is 11.5 Å². The highest BCUT2D eigenvalue weighted by molar-refractivity contribution is 7.87. The number of aromatic hydroxyl groups is 2. The van der Waals surface area contributed by atoms with E-state index in [2.05, 4.69) is 0 Å². The van der Waals surface area contributed by atoms with Gasteiger partial charge in [0.2, 0.25) is 0 Å². The average Bonchev–Trinajstić information content (AvgIpc) is 2.61. The summed E-state index contributed by atoms with van der Waals surface area (Å²) in [6.45, 7) is 0. The fourth-order valence-corrected chi connectivity index (χ4v) is 5.85. The molecule has 152 valence electrons. The van der Waals surface area contributed by atoms with Crippen LogP contribution in [0.25, 0.3) is 0 Å². The molecule has 3 aromatic carbocycles. The number of phenolic OH excluding ortho intramolecular Hbond substituents is 2. The van der Waals surface area contributed by atoms with Gasteiger partial charge >= 0.3 is 0 Å². The number of benzene rings is 3. The van der Waals surface area contributed by atoms with Crippen LogP contribution in [0.15, 0.2) is 54.6 Å². The molecule has 1 atom stereocenters. The van der Waals surface area contributed by atoms with Gasteiger partial charge in [-0.15, -0.1) is 0 Å². The molecule has 3 rings (SSSR count). The maximum Gasteiger partial charge on any atom is 0.283 e. The Kier molecular flexibility index (Phi) is 5.98. The van der Waals surface area contributed by atoms with Gasteiger partial charge in [0.15, 0.2) is 4.75 Å². The van der Waals surface area contributed by atoms with E-state index in [1.54, 1.807) is 6.07 Å². The zero-order valence-corrected chi connectivity index (χ0v) is 18.1. The minimum absolute atomic E-state index is 0.0695. The van der Waals surface area contributed by atoms with Crippen molar-refractivity contribution in [1.82, 2.24) is 0 Å². The Hall–Kier alpha value is -1.67. The van der Waals surface area contributed by atoms with E-state index < -0.39 is 37.0 Å². The molecular weight excluding hydrogens is 482 g/mol. The molecule has 1 unspecified atom stereocenters. The van der Waals surface area contributed by atoms with Crippen molar-refractivity contribution in [3.63, 3.8) is 0 Å². The predicted octanol–water partition coefficient (Wildman–Crippen LogP) is 5.89. The molecule has 5 nitrogen and oxygen atoms in total. The first-order valence-corrected chi connectivity index (χ1v) is 10.9. The Morgan fingerprint density at radius 1 is 0.759 bits per heavy atom. The molecule has 0 heterocycles. The van der Waals surface area contributed by atoms with Crippen LogP contribution < -0.4 is 0 Å². The third-order valence-electron chi connectivity index (χ3n) is 4.38. The van der Waals surface area contributed by atoms with Gasteiger partial charge in [-0.05, 0) is 24.3 Å². The molecule has 0 aliphatic rings. The van der Waals surface area contributed by atoms with Gasteiger partial charge in [0, 0.05) is 37.8 Å². The van der Waals surface area contributed by atoms with Crippen LogP contribution in [-0.4, -0.2) is 23.2 Å². The molecule has 3 aromatic rings. The fraction of sp³-hybridized carbons (Fsp3) is 0.0526. The maximum atomic E-state index is 13.0. The normalized spacial score (nSPS) is 13.8. The molecule has 0 aliphatic carbocycles. The van der Waals surface area contributed by atoms with E-state index in [9.17, 15) is 23.2 Å². The van der Waals surface area contributed by atoms with Gasteiger partial charge in [-0.1, -0.05) is 70.7 Å². The zero-order valence-electron chi connectivity index (χ0n) is 14.3. The van der Waals surface area contributed by atoms with Crippen molar-refractivity contribution in [2.75, 3.05) is 0 Å². The van der Waals surface area contributed by atoms with Gasteiger partial charge in [0.1, 0.15) is 11.5 Å². The van der Waals surface area contributed by atoms with Gasteiger partial charge in [-0.25, -0.2) is 0 Å². The Labute approximate surface area is 186 Å². The number of phenols is 2. The molecule has 0 saturated carbocycles. The van der Waals surface area contributed by atoms with E-state index in [1.807, 2.05) is 0 Å². The molecule has 29 heavy (non-hydrogen) atoms. The third-order valence-corrected chi connectivity index (χ3v) is 7.06. The molecule has 3 N–H and O–H groups in total. The van der Waals surface area contributed by atoms with Crippen LogP contribution in [0.5, 0.6) is 11.5 Å². The number of rotatable bonds is 4. The summed E-state index contributed by atoms with van der Waals surface area (Å²) in [5.74, 6) is -1.09. The van der Waals surface area contributed by atoms with Crippen LogP contribution in [0.2, 0.25) is 20.1 Å². The van der Waals surface area contributed by atoms with E-state index in [-0.39, 0.29) is 26.2 Å². The highest BCUT2D eigenvalue weighted by Gasteiger charge is 2.53. The minimum Gasteiger partial charge on any atom is -0.508 e. The SMILES string of the molecule is O=S(=O)(O)C(c1ccccc1Cl)(c1cc(Cl)cc(O)c1Cl)c1c(O)cccc1Cl. The van der Waals surface area contributed by atoms with Crippen molar-refractivity contribution in [3.05, 3.63) is 91.4 Å². The van der Waals surface area contributed by atoms with E-state index in [0.29, 0.717) is 0 Å². The lowest BCUT2D eigenvalue weighted by Crippen LogP contribution is -2.39. The molecule has 0 aliphatic heterocycles. The second kappa shape index (κ2) is 7.87. The van der Waals surface area contributed by atoms with Gasteiger partial charge in [0.25, 0.3) is 10.1 Å². The summed E-state index contributed by atoms with van der Waals surface area (Å²) in [7, 11) is -5.19. The summed E-state index contributed by atoms with van der Waals surface area (Å²) in [6, 6.07) is 11.9. The summed E-state index contributed by atoms with van der Waals surface area (Å²) >= 11 is 24.9. The van der Waals surface area contributed by atoms with Crippen LogP contribution in [0.1, 0.15) is 16.7 Å². The first-order chi connectivity index (χ1) is 13.5. The van der Waals surface area contributed by atoms with Gasteiger partial charge in [0.05, 0.1) is 5.02 Å². The van der Waals surface area contributed by atoms with Crippen LogP contribution >= 0.6 is 46.4 Å². The first-order valence-electron chi connectivity index (χ1n) is 7.90. The molecular formula is C19H12Cl4O5S. The van der Waals surface area contributed by atoms with E-state index >= 15 is 0 Å². The lowest BCUT2D eigenvalue weighted by molar-refractivity contribution is 0.439. The van der Waals surface area contributed by atoms with Gasteiger partial charge < -0.3 is 10.2 Å². The third kappa shape index (κ3) is 3.54. The van der Waals surface area contributed by atoms with Crippen molar-refractivity contribution < 1.29 is 23.2 Å². The lowest BCUT2D eigenvalue weighted by atomic mass is 9.83. The zero-order chi connectivity index (χ0) is 21.6. The maximum absolute atomic E-state index is 13.0. The second-order valence-corrected chi connectivity index (χ2v) is 9.25. The van der Waals surface area contributed by atoms with Crippen molar-refractivity contribution in [2.24, 2.45) is 0 Å². The predicted molar refractivity (Wildman–Crippen MR) is 114 cm³/mol. The summed E-state index contributed by atoms with van der Waals surface area (Å²) < 4.78 is 34.0. The molecule has 0 saturated heterocycles. The van der Waals surface area contributed by atoms with Crippen LogP contribution in [0.4, 0.5) is 0 Å². The summed E-state index contributed by atoms with van der Waals surface area (Å²) in [5, 5.41) is 20.0. The summed E-state index contributed by atoms with van der Waals surface area (Å²) in [5.41, 5.74) is -0.903. The first kappa shape index (κ1) is 22.0. The number of halogens is 4. The topological polar surface area (TPSA) is 94.8 Å². The second-order valence-electron chi connectivity index (χ2n) is 6.06. The van der Waals surface area contributed by atoms with Crippen molar-refractivity contribution in [1.29, 1.82) is 0 Å². The van der Waals surface area contributed by atoms with E-state index in [4.69, 9.17) is 46.4 Å². The smallest absolute Gasteiger partial charge is 0.283 e. The van der Waals surface area contributed by atoms with Crippen LogP contribution in [0, 0.1) is 0 Å². The monoisotopic (exact) mass is 492 g/mol. The van der Waals surface area contributed by atoms with E-state index in [1.165, 1.54) is 36.4 Å². The minimum atomic E-state index is -5.19. The average molecular weight is 494 g/mol. The molecule has 0 amide bonds. The molecule has 0 radical (unpaired) electrons.